The maximum absolute atomic E-state index is 14.0. The Bertz CT molecular complexity index is 1140. The fourth-order valence-corrected chi connectivity index (χ4v) is 3.74. The van der Waals surface area contributed by atoms with Crippen LogP contribution in [0, 0.1) is 5.82 Å². The monoisotopic (exact) mass is 509 g/mol. The molecule has 1 aromatic heterocycles. The van der Waals surface area contributed by atoms with Crippen LogP contribution >= 0.6 is 11.6 Å². The van der Waals surface area contributed by atoms with Gasteiger partial charge in [0.05, 0.1) is 7.11 Å². The Balaban J connectivity index is 1.91. The summed E-state index contributed by atoms with van der Waals surface area (Å²) >= 11 is 5.99. The lowest BCUT2D eigenvalue weighted by Gasteiger charge is -2.26. The zero-order chi connectivity index (χ0) is 25.6. The number of alkyl halides is 3. The number of nitrogens with zero attached hydrogens (tertiary/aromatic N) is 1. The van der Waals surface area contributed by atoms with E-state index in [1.807, 2.05) is 0 Å². The number of aromatic nitrogens is 1. The average molecular weight is 510 g/mol. The molecule has 0 bridgehead atoms. The highest BCUT2D eigenvalue weighted by Crippen LogP contribution is 2.30. The number of rotatable bonds is 9. The number of methoxy groups -OCH3 is 1. The zero-order valence-electron chi connectivity index (χ0n) is 19.0. The molecule has 2 aromatic carbocycles. The summed E-state index contributed by atoms with van der Waals surface area (Å²) in [5, 5.41) is 6.44. The third kappa shape index (κ3) is 6.93. The highest BCUT2D eigenvalue weighted by Gasteiger charge is 2.32. The van der Waals surface area contributed by atoms with Crippen molar-refractivity contribution in [2.45, 2.75) is 31.1 Å². The van der Waals surface area contributed by atoms with Gasteiger partial charge in [0.25, 0.3) is 0 Å². The Kier molecular flexibility index (Phi) is 8.69. The lowest BCUT2D eigenvalue weighted by Crippen LogP contribution is -2.38. The van der Waals surface area contributed by atoms with Gasteiger partial charge < -0.3 is 10.1 Å². The minimum Gasteiger partial charge on any atom is -0.494 e. The third-order valence-electron chi connectivity index (χ3n) is 5.49. The molecular weight excluding hydrogens is 486 g/mol. The van der Waals surface area contributed by atoms with Crippen molar-refractivity contribution >= 4 is 17.5 Å². The summed E-state index contributed by atoms with van der Waals surface area (Å²) in [5.41, 5.74) is 0.915. The number of nitrogens with one attached hydrogen (secondary N) is 2. The van der Waals surface area contributed by atoms with E-state index in [9.17, 15) is 22.4 Å². The van der Waals surface area contributed by atoms with E-state index in [1.165, 1.54) is 38.6 Å². The Morgan fingerprint density at radius 2 is 1.77 bits per heavy atom. The first kappa shape index (κ1) is 26.4. The van der Waals surface area contributed by atoms with Crippen LogP contribution in [0.25, 0.3) is 0 Å². The first-order valence-electron chi connectivity index (χ1n) is 10.7. The van der Waals surface area contributed by atoms with E-state index in [-0.39, 0.29) is 11.7 Å². The van der Waals surface area contributed by atoms with Crippen molar-refractivity contribution in [1.82, 2.24) is 15.6 Å². The van der Waals surface area contributed by atoms with Gasteiger partial charge in [-0.1, -0.05) is 35.9 Å². The van der Waals surface area contributed by atoms with Crippen molar-refractivity contribution in [3.8, 4) is 5.75 Å². The standard InChI is InChI=1S/C25H24ClF4N3O2/c1-31-24(34)23(16-5-8-18(26)9-6-16)33-20(17-7-10-19(27)21(13-17)35-2)11-3-15-4-12-22(32-14-15)25(28,29)30/h4-10,12-14,20,23,33H,3,11H2,1-2H3,(H,31,34). The minimum atomic E-state index is -4.52. The molecule has 35 heavy (non-hydrogen) atoms. The molecule has 3 rings (SSSR count). The summed E-state index contributed by atoms with van der Waals surface area (Å²) < 4.78 is 57.7. The van der Waals surface area contributed by atoms with Gasteiger partial charge in [0, 0.05) is 24.3 Å². The second kappa shape index (κ2) is 11.5. The van der Waals surface area contributed by atoms with E-state index in [4.69, 9.17) is 16.3 Å². The summed E-state index contributed by atoms with van der Waals surface area (Å²) in [7, 11) is 2.86. The molecule has 0 fully saturated rings. The number of aryl methyl sites for hydroxylation is 1. The molecule has 1 heterocycles. The summed E-state index contributed by atoms with van der Waals surface area (Å²) in [6, 6.07) is 12.2. The van der Waals surface area contributed by atoms with Gasteiger partial charge in [-0.15, -0.1) is 0 Å². The second-order valence-corrected chi connectivity index (χ2v) is 8.24. The normalized spacial score (nSPS) is 13.2. The fraction of sp³-hybridized carbons (Fsp3) is 0.280. The van der Waals surface area contributed by atoms with E-state index < -0.39 is 29.8 Å². The van der Waals surface area contributed by atoms with Crippen LogP contribution in [0.2, 0.25) is 5.02 Å². The number of halogens is 5. The van der Waals surface area contributed by atoms with Crippen LogP contribution in [-0.2, 0) is 17.4 Å². The summed E-state index contributed by atoms with van der Waals surface area (Å²) in [6.45, 7) is 0. The molecule has 2 unspecified atom stereocenters. The fourth-order valence-electron chi connectivity index (χ4n) is 3.61. The highest BCUT2D eigenvalue weighted by molar-refractivity contribution is 6.30. The first-order valence-corrected chi connectivity index (χ1v) is 11.1. The van der Waals surface area contributed by atoms with Crippen LogP contribution in [0.1, 0.15) is 40.9 Å². The number of amides is 1. The van der Waals surface area contributed by atoms with Crippen molar-refractivity contribution in [1.29, 1.82) is 0 Å². The Hall–Kier alpha value is -3.17. The zero-order valence-corrected chi connectivity index (χ0v) is 19.8. The smallest absolute Gasteiger partial charge is 0.433 e. The summed E-state index contributed by atoms with van der Waals surface area (Å²) in [6.07, 6.45) is -2.61. The number of carbonyl (C=O) groups is 1. The average Bonchev–Trinajstić information content (AvgIpc) is 2.84. The predicted molar refractivity (Wildman–Crippen MR) is 125 cm³/mol. The first-order chi connectivity index (χ1) is 16.6. The number of carbonyl (C=O) groups excluding carboxylic acids is 1. The topological polar surface area (TPSA) is 63.2 Å². The van der Waals surface area contributed by atoms with Crippen molar-refractivity contribution in [3.05, 3.63) is 94.0 Å². The van der Waals surface area contributed by atoms with Gasteiger partial charge in [-0.2, -0.15) is 13.2 Å². The van der Waals surface area contributed by atoms with Crippen molar-refractivity contribution in [3.63, 3.8) is 0 Å². The second-order valence-electron chi connectivity index (χ2n) is 7.80. The van der Waals surface area contributed by atoms with Gasteiger partial charge in [0.2, 0.25) is 5.91 Å². The van der Waals surface area contributed by atoms with Crippen molar-refractivity contribution in [2.75, 3.05) is 14.2 Å². The highest BCUT2D eigenvalue weighted by atomic mass is 35.5. The summed E-state index contributed by atoms with van der Waals surface area (Å²) in [4.78, 5) is 16.2. The predicted octanol–water partition coefficient (Wildman–Crippen LogP) is 5.65. The van der Waals surface area contributed by atoms with Crippen molar-refractivity contribution in [2.24, 2.45) is 0 Å². The van der Waals surface area contributed by atoms with E-state index in [2.05, 4.69) is 15.6 Å². The number of benzene rings is 2. The van der Waals surface area contributed by atoms with Crippen LogP contribution in [0.15, 0.2) is 60.8 Å². The molecule has 0 aliphatic heterocycles. The van der Waals surface area contributed by atoms with Crippen LogP contribution in [0.4, 0.5) is 17.6 Å². The minimum absolute atomic E-state index is 0.0356. The number of pyridine rings is 1. The molecule has 0 aliphatic rings. The molecule has 0 aliphatic carbocycles. The largest absolute Gasteiger partial charge is 0.494 e. The molecule has 10 heteroatoms. The SMILES string of the molecule is CNC(=O)C(NC(CCc1ccc(C(F)(F)F)nc1)c1ccc(F)c(OC)c1)c1ccc(Cl)cc1. The van der Waals surface area contributed by atoms with Gasteiger partial charge in [0.15, 0.2) is 11.6 Å². The van der Waals surface area contributed by atoms with E-state index in [0.29, 0.717) is 34.6 Å². The van der Waals surface area contributed by atoms with Gasteiger partial charge in [-0.25, -0.2) is 4.39 Å². The van der Waals surface area contributed by atoms with Crippen LogP contribution < -0.4 is 15.4 Å². The summed E-state index contributed by atoms with van der Waals surface area (Å²) in [5.74, 6) is -0.807. The molecule has 3 aromatic rings. The third-order valence-corrected chi connectivity index (χ3v) is 5.75. The Morgan fingerprint density at radius 3 is 2.34 bits per heavy atom. The van der Waals surface area contributed by atoms with Crippen LogP contribution in [0.5, 0.6) is 5.75 Å². The van der Waals surface area contributed by atoms with E-state index in [0.717, 1.165) is 6.07 Å². The van der Waals surface area contributed by atoms with E-state index in [1.54, 1.807) is 30.3 Å². The number of hydrogen-bond donors (Lipinski definition) is 2. The quantitative estimate of drug-likeness (QED) is 0.366. The molecule has 5 nitrogen and oxygen atoms in total. The maximum atomic E-state index is 14.0. The molecular formula is C25H24ClF4N3O2. The Labute approximate surface area is 205 Å². The van der Waals surface area contributed by atoms with Crippen LogP contribution in [0.3, 0.4) is 0 Å². The van der Waals surface area contributed by atoms with Gasteiger partial charge in [-0.3, -0.25) is 15.1 Å². The molecule has 0 spiro atoms. The number of ether oxygens (including phenoxy) is 1. The molecule has 2 N–H and O–H groups in total. The lowest BCUT2D eigenvalue weighted by atomic mass is 9.96. The molecule has 2 atom stereocenters. The van der Waals surface area contributed by atoms with Gasteiger partial charge in [-0.05, 0) is 59.9 Å². The molecule has 0 saturated carbocycles. The molecule has 1 amide bonds. The Morgan fingerprint density at radius 1 is 1.09 bits per heavy atom. The molecule has 0 radical (unpaired) electrons. The van der Waals surface area contributed by atoms with Crippen molar-refractivity contribution < 1.29 is 27.1 Å². The van der Waals surface area contributed by atoms with Gasteiger partial charge >= 0.3 is 6.18 Å². The lowest BCUT2D eigenvalue weighted by molar-refractivity contribution is -0.141. The molecule has 186 valence electrons. The van der Waals surface area contributed by atoms with Gasteiger partial charge in [0.1, 0.15) is 11.7 Å². The van der Waals surface area contributed by atoms with Crippen LogP contribution in [-0.4, -0.2) is 25.0 Å². The van der Waals surface area contributed by atoms with E-state index >= 15 is 0 Å². The maximum Gasteiger partial charge on any atom is 0.433 e. The number of likely N-dealkylation sites (N-methyl/N-ethyl adjacent to an activating group) is 1. The number of hydrogen-bond acceptors (Lipinski definition) is 4. The molecule has 0 saturated heterocycles.